The molecule has 0 saturated carbocycles. The quantitative estimate of drug-likeness (QED) is 0.250. The molecule has 0 radical (unpaired) electrons. The zero-order chi connectivity index (χ0) is 25.0. The van der Waals surface area contributed by atoms with E-state index in [1.807, 2.05) is 36.6 Å². The van der Waals surface area contributed by atoms with Crippen LogP contribution in [0.5, 0.6) is 5.75 Å². The van der Waals surface area contributed by atoms with E-state index in [1.54, 1.807) is 36.2 Å². The Kier molecular flexibility index (Phi) is 7.54. The molecule has 4 rings (SSSR count). The Labute approximate surface area is 206 Å². The highest BCUT2D eigenvalue weighted by Gasteiger charge is 2.37. The summed E-state index contributed by atoms with van der Waals surface area (Å²) in [6.45, 7) is 2.73. The Hall–Kier alpha value is -3.20. The summed E-state index contributed by atoms with van der Waals surface area (Å²) in [4.78, 5) is 5.52. The number of benzene rings is 2. The number of nitrogens with zero attached hydrogens (tertiary/aromatic N) is 3. The van der Waals surface area contributed by atoms with Crippen LogP contribution in [0.25, 0.3) is 22.0 Å². The van der Waals surface area contributed by atoms with Crippen LogP contribution in [0.4, 0.5) is 18.9 Å². The van der Waals surface area contributed by atoms with Gasteiger partial charge in [0.05, 0.1) is 5.52 Å². The second-order valence-electron chi connectivity index (χ2n) is 8.20. The van der Waals surface area contributed by atoms with Crippen molar-refractivity contribution >= 4 is 28.4 Å². The van der Waals surface area contributed by atoms with E-state index in [2.05, 4.69) is 22.3 Å². The van der Waals surface area contributed by atoms with E-state index < -0.39 is 11.9 Å². The van der Waals surface area contributed by atoms with Crippen molar-refractivity contribution in [2.75, 3.05) is 18.1 Å². The van der Waals surface area contributed by atoms with Gasteiger partial charge in [-0.05, 0) is 54.6 Å². The zero-order valence-corrected chi connectivity index (χ0v) is 20.6. The van der Waals surface area contributed by atoms with Crippen LogP contribution < -0.4 is 10.1 Å². The first-order chi connectivity index (χ1) is 16.8. The van der Waals surface area contributed by atoms with Gasteiger partial charge in [0.25, 0.3) is 0 Å². The van der Waals surface area contributed by atoms with Gasteiger partial charge in [0, 0.05) is 53.9 Å². The Morgan fingerprint density at radius 3 is 2.71 bits per heavy atom. The smallest absolute Gasteiger partial charge is 0.435 e. The molecule has 2 heterocycles. The lowest BCUT2D eigenvalue weighted by Crippen LogP contribution is -2.19. The minimum Gasteiger partial charge on any atom is -0.490 e. The van der Waals surface area contributed by atoms with Crippen LogP contribution in [-0.2, 0) is 13.2 Å². The Balaban J connectivity index is 1.52. The lowest BCUT2D eigenvalue weighted by molar-refractivity contribution is -0.140. The Morgan fingerprint density at radius 2 is 1.97 bits per heavy atom. The molecule has 0 saturated heterocycles. The largest absolute Gasteiger partial charge is 0.490 e. The number of halogens is 3. The standard InChI is InChI=1S/C26H27F3N4OS/c1-4-18(34-19-6-5-7-20(15-19)35-3)10-12-30-24-11-13-31-23-9-8-17(14-21(23)24)22-16-33(2)32-25(22)26(27,28)29/h5-9,11,13-16,18H,4,10,12H2,1-3H3,(H,30,31). The molecule has 0 amide bonds. The van der Waals surface area contributed by atoms with Crippen molar-refractivity contribution < 1.29 is 17.9 Å². The molecule has 0 bridgehead atoms. The normalized spacial score (nSPS) is 12.6. The highest BCUT2D eigenvalue weighted by Crippen LogP contribution is 2.37. The summed E-state index contributed by atoms with van der Waals surface area (Å²) in [5.74, 6) is 0.847. The third kappa shape index (κ3) is 5.90. The summed E-state index contributed by atoms with van der Waals surface area (Å²) in [7, 11) is 1.48. The van der Waals surface area contributed by atoms with Gasteiger partial charge in [0.1, 0.15) is 11.9 Å². The summed E-state index contributed by atoms with van der Waals surface area (Å²) >= 11 is 1.67. The SMILES string of the molecule is CCC(CCNc1ccnc2ccc(-c3cn(C)nc3C(F)(F)F)cc12)Oc1cccc(SC)c1. The minimum absolute atomic E-state index is 0.0352. The molecule has 0 aliphatic carbocycles. The number of aryl methyl sites for hydroxylation is 1. The number of fused-ring (bicyclic) bond motifs is 1. The van der Waals surface area contributed by atoms with Crippen molar-refractivity contribution in [3.8, 4) is 16.9 Å². The molecule has 0 aliphatic heterocycles. The fraction of sp³-hybridized carbons (Fsp3) is 0.308. The number of hydrogen-bond acceptors (Lipinski definition) is 5. The number of ether oxygens (including phenoxy) is 1. The average molecular weight is 501 g/mol. The monoisotopic (exact) mass is 500 g/mol. The summed E-state index contributed by atoms with van der Waals surface area (Å²) in [6, 6.07) is 15.0. The molecular formula is C26H27F3N4OS. The zero-order valence-electron chi connectivity index (χ0n) is 19.8. The maximum absolute atomic E-state index is 13.5. The van der Waals surface area contributed by atoms with Crippen molar-refractivity contribution in [1.82, 2.24) is 14.8 Å². The lowest BCUT2D eigenvalue weighted by atomic mass is 10.0. The summed E-state index contributed by atoms with van der Waals surface area (Å²) in [5.41, 5.74) is 1.11. The highest BCUT2D eigenvalue weighted by atomic mass is 32.2. The third-order valence-corrected chi connectivity index (χ3v) is 6.46. The van der Waals surface area contributed by atoms with Crippen molar-refractivity contribution in [1.29, 1.82) is 0 Å². The van der Waals surface area contributed by atoms with Crippen molar-refractivity contribution in [2.45, 2.75) is 36.9 Å². The van der Waals surface area contributed by atoms with E-state index in [4.69, 9.17) is 4.74 Å². The molecule has 2 aromatic carbocycles. The molecule has 9 heteroatoms. The number of nitrogens with one attached hydrogen (secondary N) is 1. The molecule has 5 nitrogen and oxygen atoms in total. The van der Waals surface area contributed by atoms with Gasteiger partial charge in [-0.3, -0.25) is 9.67 Å². The van der Waals surface area contributed by atoms with Gasteiger partial charge < -0.3 is 10.1 Å². The average Bonchev–Trinajstić information content (AvgIpc) is 3.25. The van der Waals surface area contributed by atoms with E-state index in [-0.39, 0.29) is 11.7 Å². The van der Waals surface area contributed by atoms with Crippen molar-refractivity contribution in [2.24, 2.45) is 7.05 Å². The molecule has 2 aromatic heterocycles. The topological polar surface area (TPSA) is 52.0 Å². The van der Waals surface area contributed by atoms with E-state index in [1.165, 1.54) is 17.9 Å². The first-order valence-corrected chi connectivity index (χ1v) is 12.6. The number of pyridine rings is 1. The van der Waals surface area contributed by atoms with E-state index in [0.29, 0.717) is 17.6 Å². The van der Waals surface area contributed by atoms with Gasteiger partial charge in [0.2, 0.25) is 0 Å². The fourth-order valence-corrected chi connectivity index (χ4v) is 4.41. The van der Waals surface area contributed by atoms with Crippen LogP contribution in [0.3, 0.4) is 0 Å². The molecule has 1 N–H and O–H groups in total. The van der Waals surface area contributed by atoms with Crippen LogP contribution in [-0.4, -0.2) is 33.7 Å². The van der Waals surface area contributed by atoms with Gasteiger partial charge in [0.15, 0.2) is 5.69 Å². The molecule has 4 aromatic rings. The molecule has 0 spiro atoms. The molecule has 184 valence electrons. The van der Waals surface area contributed by atoms with Crippen LogP contribution in [0, 0.1) is 0 Å². The maximum Gasteiger partial charge on any atom is 0.435 e. The summed E-state index contributed by atoms with van der Waals surface area (Å²) in [6.07, 6.45) is 2.24. The fourth-order valence-electron chi connectivity index (χ4n) is 3.96. The van der Waals surface area contributed by atoms with Gasteiger partial charge in [-0.2, -0.15) is 18.3 Å². The molecule has 1 unspecified atom stereocenters. The van der Waals surface area contributed by atoms with Crippen LogP contribution in [0.15, 0.2) is 65.8 Å². The molecule has 0 aliphatic rings. The first kappa shape index (κ1) is 24.9. The Morgan fingerprint density at radius 1 is 1.14 bits per heavy atom. The molecule has 35 heavy (non-hydrogen) atoms. The molecule has 1 atom stereocenters. The van der Waals surface area contributed by atoms with Gasteiger partial charge in [-0.25, -0.2) is 0 Å². The number of hydrogen-bond donors (Lipinski definition) is 1. The van der Waals surface area contributed by atoms with Gasteiger partial charge >= 0.3 is 6.18 Å². The third-order valence-electron chi connectivity index (χ3n) is 5.73. The van der Waals surface area contributed by atoms with E-state index >= 15 is 0 Å². The minimum atomic E-state index is -4.54. The lowest BCUT2D eigenvalue weighted by Gasteiger charge is -2.19. The predicted octanol–water partition coefficient (Wildman–Crippen LogP) is 7.04. The van der Waals surface area contributed by atoms with Gasteiger partial charge in [-0.1, -0.05) is 19.1 Å². The van der Waals surface area contributed by atoms with E-state index in [9.17, 15) is 13.2 Å². The Bertz CT molecular complexity index is 1310. The van der Waals surface area contributed by atoms with Crippen molar-refractivity contribution in [3.05, 3.63) is 66.6 Å². The van der Waals surface area contributed by atoms with Gasteiger partial charge in [-0.15, -0.1) is 11.8 Å². The molecule has 0 fully saturated rings. The highest BCUT2D eigenvalue weighted by molar-refractivity contribution is 7.98. The summed E-state index contributed by atoms with van der Waals surface area (Å²) in [5, 5.41) is 7.81. The number of rotatable bonds is 9. The van der Waals surface area contributed by atoms with Crippen LogP contribution in [0.2, 0.25) is 0 Å². The van der Waals surface area contributed by atoms with Crippen molar-refractivity contribution in [3.63, 3.8) is 0 Å². The predicted molar refractivity (Wildman–Crippen MR) is 135 cm³/mol. The second kappa shape index (κ2) is 10.6. The number of alkyl halides is 3. The number of anilines is 1. The second-order valence-corrected chi connectivity index (χ2v) is 9.08. The summed E-state index contributed by atoms with van der Waals surface area (Å²) < 4.78 is 47.9. The molecular weight excluding hydrogens is 473 g/mol. The van der Waals surface area contributed by atoms with Crippen LogP contribution >= 0.6 is 11.8 Å². The first-order valence-electron chi connectivity index (χ1n) is 11.3. The number of aromatic nitrogens is 3. The van der Waals surface area contributed by atoms with E-state index in [0.717, 1.165) is 34.6 Å². The number of thioether (sulfide) groups is 1. The maximum atomic E-state index is 13.5. The van der Waals surface area contributed by atoms with Crippen LogP contribution in [0.1, 0.15) is 25.5 Å².